The van der Waals surface area contributed by atoms with E-state index < -0.39 is 10.0 Å². The standard InChI is InChI=1S/C20H22N4O3S/c1-15-3-2-4-17(22-15)12-23-9-10-27-20-14-24(13-19(20)23)28(25,26)18-7-5-16(11-21)6-8-18/h2-8,19-20H,9-10,12-14H2,1H3/t19-,20-/m0/s1. The van der Waals surface area contributed by atoms with Gasteiger partial charge in [-0.05, 0) is 43.3 Å². The molecule has 2 aliphatic rings. The van der Waals surface area contributed by atoms with E-state index in [9.17, 15) is 8.42 Å². The number of sulfonamides is 1. The molecule has 8 heteroatoms. The van der Waals surface area contributed by atoms with Crippen LogP contribution in [0, 0.1) is 18.3 Å². The highest BCUT2D eigenvalue weighted by molar-refractivity contribution is 7.89. The Morgan fingerprint density at radius 3 is 2.71 bits per heavy atom. The molecule has 0 unspecified atom stereocenters. The minimum absolute atomic E-state index is 0.00391. The summed E-state index contributed by atoms with van der Waals surface area (Å²) in [6.07, 6.45) is -0.147. The first kappa shape index (κ1) is 19.0. The fourth-order valence-electron chi connectivity index (χ4n) is 3.86. The molecule has 1 aromatic heterocycles. The first-order valence-corrected chi connectivity index (χ1v) is 10.7. The highest BCUT2D eigenvalue weighted by Gasteiger charge is 2.44. The summed E-state index contributed by atoms with van der Waals surface area (Å²) >= 11 is 0. The zero-order valence-corrected chi connectivity index (χ0v) is 16.5. The van der Waals surface area contributed by atoms with Crippen molar-refractivity contribution in [3.63, 3.8) is 0 Å². The average molecular weight is 398 g/mol. The van der Waals surface area contributed by atoms with Gasteiger partial charge in [-0.25, -0.2) is 8.42 Å². The smallest absolute Gasteiger partial charge is 0.243 e. The number of ether oxygens (including phenoxy) is 1. The van der Waals surface area contributed by atoms with E-state index in [0.717, 1.165) is 17.9 Å². The summed E-state index contributed by atoms with van der Waals surface area (Å²) in [6.45, 7) is 4.70. The van der Waals surface area contributed by atoms with Gasteiger partial charge in [0.2, 0.25) is 10.0 Å². The third-order valence-electron chi connectivity index (χ3n) is 5.32. The van der Waals surface area contributed by atoms with Crippen molar-refractivity contribution in [2.45, 2.75) is 30.5 Å². The van der Waals surface area contributed by atoms with Crippen molar-refractivity contribution >= 4 is 10.0 Å². The Morgan fingerprint density at radius 2 is 2.00 bits per heavy atom. The van der Waals surface area contributed by atoms with Crippen LogP contribution in [0.15, 0.2) is 47.4 Å². The fraction of sp³-hybridized carbons (Fsp3) is 0.400. The van der Waals surface area contributed by atoms with Gasteiger partial charge < -0.3 is 4.74 Å². The van der Waals surface area contributed by atoms with Crippen molar-refractivity contribution in [1.29, 1.82) is 5.26 Å². The molecule has 0 bridgehead atoms. The third kappa shape index (κ3) is 3.66. The van der Waals surface area contributed by atoms with E-state index in [1.54, 1.807) is 0 Å². The number of benzene rings is 1. The monoisotopic (exact) mass is 398 g/mol. The second-order valence-corrected chi connectivity index (χ2v) is 9.11. The van der Waals surface area contributed by atoms with E-state index in [0.29, 0.717) is 31.8 Å². The van der Waals surface area contributed by atoms with Crippen LogP contribution in [0.1, 0.15) is 17.0 Å². The Labute approximate surface area is 165 Å². The Kier molecular flexibility index (Phi) is 5.17. The lowest BCUT2D eigenvalue weighted by Gasteiger charge is -2.36. The van der Waals surface area contributed by atoms with Crippen LogP contribution in [0.3, 0.4) is 0 Å². The lowest BCUT2D eigenvalue weighted by Crippen LogP contribution is -2.50. The summed E-state index contributed by atoms with van der Waals surface area (Å²) in [7, 11) is -3.62. The maximum atomic E-state index is 13.0. The van der Waals surface area contributed by atoms with Crippen LogP contribution in [0.25, 0.3) is 0 Å². The van der Waals surface area contributed by atoms with Crippen molar-refractivity contribution in [3.8, 4) is 6.07 Å². The van der Waals surface area contributed by atoms with Crippen molar-refractivity contribution in [1.82, 2.24) is 14.2 Å². The quantitative estimate of drug-likeness (QED) is 0.776. The highest BCUT2D eigenvalue weighted by Crippen LogP contribution is 2.28. The molecular weight excluding hydrogens is 376 g/mol. The number of nitriles is 1. The topological polar surface area (TPSA) is 86.5 Å². The summed E-state index contributed by atoms with van der Waals surface area (Å²) in [5.41, 5.74) is 2.39. The molecule has 4 rings (SSSR count). The number of nitrogens with zero attached hydrogens (tertiary/aromatic N) is 4. The minimum atomic E-state index is -3.62. The van der Waals surface area contributed by atoms with Crippen molar-refractivity contribution in [2.24, 2.45) is 0 Å². The average Bonchev–Trinajstić information content (AvgIpc) is 3.14. The number of morpholine rings is 1. The Morgan fingerprint density at radius 1 is 1.21 bits per heavy atom. The van der Waals surface area contributed by atoms with E-state index in [2.05, 4.69) is 9.88 Å². The van der Waals surface area contributed by atoms with Crippen molar-refractivity contribution in [3.05, 3.63) is 59.4 Å². The van der Waals surface area contributed by atoms with Crippen LogP contribution in [0.4, 0.5) is 0 Å². The molecule has 7 nitrogen and oxygen atoms in total. The molecule has 0 radical (unpaired) electrons. The van der Waals surface area contributed by atoms with E-state index in [4.69, 9.17) is 10.00 Å². The van der Waals surface area contributed by atoms with Gasteiger partial charge in [-0.15, -0.1) is 0 Å². The number of aromatic nitrogens is 1. The fourth-order valence-corrected chi connectivity index (χ4v) is 5.33. The molecule has 0 spiro atoms. The lowest BCUT2D eigenvalue weighted by atomic mass is 10.1. The zero-order chi connectivity index (χ0) is 19.7. The molecule has 0 amide bonds. The molecule has 0 aliphatic carbocycles. The summed E-state index contributed by atoms with van der Waals surface area (Å²) < 4.78 is 33.5. The molecule has 0 saturated carbocycles. The van der Waals surface area contributed by atoms with E-state index >= 15 is 0 Å². The normalized spacial score (nSPS) is 23.3. The van der Waals surface area contributed by atoms with Crippen LogP contribution in [0.5, 0.6) is 0 Å². The van der Waals surface area contributed by atoms with Crippen LogP contribution >= 0.6 is 0 Å². The summed E-state index contributed by atoms with van der Waals surface area (Å²) in [5.74, 6) is 0. The van der Waals surface area contributed by atoms with Crippen LogP contribution in [0.2, 0.25) is 0 Å². The van der Waals surface area contributed by atoms with Gasteiger partial charge in [0.15, 0.2) is 0 Å². The highest BCUT2D eigenvalue weighted by atomic mass is 32.2. The molecular formula is C20H22N4O3S. The van der Waals surface area contributed by atoms with Gasteiger partial charge in [0, 0.05) is 31.9 Å². The molecule has 2 aliphatic heterocycles. The number of hydrogen-bond donors (Lipinski definition) is 0. The van der Waals surface area contributed by atoms with Crippen molar-refractivity contribution < 1.29 is 13.2 Å². The molecule has 2 aromatic rings. The predicted molar refractivity (Wildman–Crippen MR) is 103 cm³/mol. The van der Waals surface area contributed by atoms with Gasteiger partial charge in [0.05, 0.1) is 41.0 Å². The van der Waals surface area contributed by atoms with Gasteiger partial charge >= 0.3 is 0 Å². The maximum absolute atomic E-state index is 13.0. The summed E-state index contributed by atoms with van der Waals surface area (Å²) in [5, 5.41) is 8.91. The summed E-state index contributed by atoms with van der Waals surface area (Å²) in [4.78, 5) is 7.05. The number of fused-ring (bicyclic) bond motifs is 1. The molecule has 0 N–H and O–H groups in total. The maximum Gasteiger partial charge on any atom is 0.243 e. The molecule has 2 atom stereocenters. The number of aryl methyl sites for hydroxylation is 1. The lowest BCUT2D eigenvalue weighted by molar-refractivity contribution is -0.0506. The Balaban J connectivity index is 1.52. The van der Waals surface area contributed by atoms with E-state index in [1.807, 2.05) is 31.2 Å². The molecule has 2 saturated heterocycles. The minimum Gasteiger partial charge on any atom is -0.374 e. The van der Waals surface area contributed by atoms with Crippen LogP contribution in [-0.2, 0) is 21.3 Å². The van der Waals surface area contributed by atoms with Gasteiger partial charge in [-0.1, -0.05) is 6.07 Å². The van der Waals surface area contributed by atoms with Gasteiger partial charge in [-0.3, -0.25) is 9.88 Å². The molecule has 28 heavy (non-hydrogen) atoms. The summed E-state index contributed by atoms with van der Waals surface area (Å²) in [6, 6.07) is 14.0. The number of hydrogen-bond acceptors (Lipinski definition) is 6. The number of rotatable bonds is 4. The van der Waals surface area contributed by atoms with Crippen LogP contribution < -0.4 is 0 Å². The molecule has 146 valence electrons. The van der Waals surface area contributed by atoms with Crippen LogP contribution in [-0.4, -0.2) is 61.0 Å². The van der Waals surface area contributed by atoms with Gasteiger partial charge in [0.25, 0.3) is 0 Å². The van der Waals surface area contributed by atoms with Crippen molar-refractivity contribution in [2.75, 3.05) is 26.2 Å². The SMILES string of the molecule is Cc1cccc(CN2CCO[C@H]3CN(S(=O)(=O)c4ccc(C#N)cc4)C[C@@H]32)n1. The molecule has 3 heterocycles. The number of pyridine rings is 1. The first-order chi connectivity index (χ1) is 13.5. The third-order valence-corrected chi connectivity index (χ3v) is 7.16. The Hall–Kier alpha value is -2.31. The Bertz CT molecular complexity index is 1000. The second kappa shape index (κ2) is 7.60. The zero-order valence-electron chi connectivity index (χ0n) is 15.7. The van der Waals surface area contributed by atoms with Gasteiger partial charge in [0.1, 0.15) is 0 Å². The largest absolute Gasteiger partial charge is 0.374 e. The molecule has 2 fully saturated rings. The van der Waals surface area contributed by atoms with Gasteiger partial charge in [-0.2, -0.15) is 9.57 Å². The van der Waals surface area contributed by atoms with E-state index in [1.165, 1.54) is 28.6 Å². The molecule has 1 aromatic carbocycles. The van der Waals surface area contributed by atoms with E-state index in [-0.39, 0.29) is 17.0 Å². The first-order valence-electron chi connectivity index (χ1n) is 9.26. The predicted octanol–water partition coefficient (Wildman–Crippen LogP) is 1.54. The second-order valence-electron chi connectivity index (χ2n) is 7.18.